The van der Waals surface area contributed by atoms with Crippen LogP contribution in [0.2, 0.25) is 0 Å². The molecule has 0 aromatic rings. The van der Waals surface area contributed by atoms with E-state index in [1.807, 2.05) is 0 Å². The lowest BCUT2D eigenvalue weighted by Crippen LogP contribution is -2.32. The van der Waals surface area contributed by atoms with E-state index in [9.17, 15) is 19.1 Å². The van der Waals surface area contributed by atoms with Gasteiger partial charge in [0.05, 0.1) is 0 Å². The Balaban J connectivity index is 4.31. The summed E-state index contributed by atoms with van der Waals surface area (Å²) in [5.41, 5.74) is 5.09. The lowest BCUT2D eigenvalue weighted by Gasteiger charge is -2.14. The number of nitrogens with two attached hydrogens (primary N) is 1. The number of hydrogen-bond acceptors (Lipinski definition) is 7. The van der Waals surface area contributed by atoms with Crippen LogP contribution in [0.15, 0.2) is 0 Å². The Morgan fingerprint density at radius 3 is 2.36 bits per heavy atom. The van der Waals surface area contributed by atoms with Crippen LogP contribution in [0.5, 0.6) is 0 Å². The fourth-order valence-electron chi connectivity index (χ4n) is 0.672. The maximum Gasteiger partial charge on any atom is 0.700 e. The summed E-state index contributed by atoms with van der Waals surface area (Å²) in [4.78, 5) is 18.4. The second kappa shape index (κ2) is 6.44. The minimum absolute atomic E-state index is 0.146. The average Bonchev–Trinajstić information content (AvgIpc) is 1.97. The zero-order chi connectivity index (χ0) is 11.2. The Morgan fingerprint density at radius 1 is 1.43 bits per heavy atom. The number of aliphatic hydroxyl groups is 1. The summed E-state index contributed by atoms with van der Waals surface area (Å²) in [5.74, 6) is -2.61. The minimum atomic E-state index is -3.39. The molecule has 3 atom stereocenters. The molecule has 0 aliphatic heterocycles. The molecule has 4 N–H and O–H groups in total. The van der Waals surface area contributed by atoms with Crippen LogP contribution in [0.1, 0.15) is 12.8 Å². The largest absolute Gasteiger partial charge is 0.700 e. The van der Waals surface area contributed by atoms with Crippen LogP contribution in [0, 0.1) is 0 Å². The second-order valence-corrected chi connectivity index (χ2v) is 3.54. The Kier molecular flexibility index (Phi) is 6.43. The van der Waals surface area contributed by atoms with Gasteiger partial charge in [0.2, 0.25) is 0 Å². The molecule has 10 heteroatoms. The fourth-order valence-corrected chi connectivity index (χ4v) is 1.46. The van der Waals surface area contributed by atoms with Crippen molar-refractivity contribution in [2.45, 2.75) is 18.8 Å². The topological polar surface area (TPSA) is 142 Å². The van der Waals surface area contributed by atoms with Gasteiger partial charge in [-0.05, 0) is 22.1 Å². The maximum absolute atomic E-state index is 10.2. The van der Waals surface area contributed by atoms with Crippen molar-refractivity contribution in [3.05, 3.63) is 0 Å². The molecule has 0 spiro atoms. The third-order valence-corrected chi connectivity index (χ3v) is 2.01. The van der Waals surface area contributed by atoms with Crippen molar-refractivity contribution in [3.8, 4) is 0 Å². The van der Waals surface area contributed by atoms with E-state index in [4.69, 9.17) is 10.6 Å². The van der Waals surface area contributed by atoms with Gasteiger partial charge >= 0.3 is 22.5 Å². The summed E-state index contributed by atoms with van der Waals surface area (Å²) in [5, 5.41) is 9.26. The van der Waals surface area contributed by atoms with E-state index < -0.39 is 22.5 Å². The summed E-state index contributed by atoms with van der Waals surface area (Å²) in [7, 11) is -6.56. The highest BCUT2D eigenvalue weighted by Crippen LogP contribution is 2.33. The molecule has 0 fully saturated rings. The average molecular weight is 246 g/mol. The molecular weight excluding hydrogens is 236 g/mol. The molecule has 0 aliphatic carbocycles. The molecule has 0 radical (unpaired) electrons. The van der Waals surface area contributed by atoms with E-state index in [1.54, 1.807) is 0 Å². The summed E-state index contributed by atoms with van der Waals surface area (Å²) >= 11 is 0. The van der Waals surface area contributed by atoms with Gasteiger partial charge in [0, 0.05) is 11.0 Å². The van der Waals surface area contributed by atoms with Gasteiger partial charge in [-0.3, -0.25) is 0 Å². The van der Waals surface area contributed by atoms with Crippen molar-refractivity contribution < 1.29 is 33.1 Å². The van der Waals surface area contributed by atoms with Crippen LogP contribution in [0.3, 0.4) is 0 Å². The van der Waals surface area contributed by atoms with Crippen molar-refractivity contribution in [3.63, 3.8) is 0 Å². The molecule has 0 aromatic heterocycles. The van der Waals surface area contributed by atoms with Gasteiger partial charge in [0.15, 0.2) is 0 Å². The molecule has 14 heavy (non-hydrogen) atoms. The number of hydrogen-bond donors (Lipinski definition) is 3. The first-order chi connectivity index (χ1) is 6.39. The maximum atomic E-state index is 10.2. The zero-order valence-corrected chi connectivity index (χ0v) is 8.82. The van der Waals surface area contributed by atoms with E-state index in [-0.39, 0.29) is 19.4 Å². The molecule has 0 saturated heterocycles. The van der Waals surface area contributed by atoms with Crippen LogP contribution in [0.4, 0.5) is 0 Å². The van der Waals surface area contributed by atoms with Crippen LogP contribution in [-0.4, -0.2) is 22.5 Å². The number of rotatable bonds is 7. The Labute approximate surface area is 81.5 Å². The van der Waals surface area contributed by atoms with Crippen LogP contribution in [0.25, 0.3) is 0 Å². The molecule has 3 unspecified atom stereocenters. The van der Waals surface area contributed by atoms with Crippen molar-refractivity contribution in [1.29, 1.82) is 0 Å². The molecule has 0 amide bonds. The van der Waals surface area contributed by atoms with Gasteiger partial charge in [0.1, 0.15) is 0 Å². The molecule has 8 nitrogen and oxygen atoms in total. The van der Waals surface area contributed by atoms with E-state index in [0.717, 1.165) is 0 Å². The second-order valence-electron chi connectivity index (χ2n) is 2.25. The standard InChI is InChI=1S/C4H9NO7P2/c5-3-1-2-4(6,11-13(7)8)12-14(9)10/h6H,1-3,5H2/p+1. The SMILES string of the molecule is NCCCC(O)(O[P+](=O)[O-])O[P+](=O)O. The van der Waals surface area contributed by atoms with E-state index in [0.29, 0.717) is 0 Å². The van der Waals surface area contributed by atoms with Crippen molar-refractivity contribution in [2.24, 2.45) is 5.73 Å². The first-order valence-electron chi connectivity index (χ1n) is 3.51. The summed E-state index contributed by atoms with van der Waals surface area (Å²) in [6, 6.07) is 0. The smallest absolute Gasteiger partial charge is 0.566 e. The quantitative estimate of drug-likeness (QED) is 0.386. The lowest BCUT2D eigenvalue weighted by atomic mass is 10.3. The molecule has 0 heterocycles. The first-order valence-corrected chi connectivity index (χ1v) is 5.73. The molecule has 0 saturated carbocycles. The molecule has 0 aliphatic rings. The monoisotopic (exact) mass is 246 g/mol. The Morgan fingerprint density at radius 2 is 2.00 bits per heavy atom. The fraction of sp³-hybridized carbons (Fsp3) is 1.00. The first kappa shape index (κ1) is 14.0. The zero-order valence-electron chi connectivity index (χ0n) is 7.03. The summed E-state index contributed by atoms with van der Waals surface area (Å²) in [6.45, 7) is 0.146. The highest BCUT2D eigenvalue weighted by atomic mass is 31.1. The van der Waals surface area contributed by atoms with Crippen LogP contribution < -0.4 is 10.6 Å². The van der Waals surface area contributed by atoms with Gasteiger partial charge in [-0.15, -0.1) is 4.89 Å². The molecule has 0 bridgehead atoms. The van der Waals surface area contributed by atoms with Gasteiger partial charge < -0.3 is 15.7 Å². The van der Waals surface area contributed by atoms with Gasteiger partial charge in [0.25, 0.3) is 0 Å². The van der Waals surface area contributed by atoms with Gasteiger partial charge in [-0.2, -0.15) is 0 Å². The van der Waals surface area contributed by atoms with Crippen LogP contribution >= 0.6 is 16.5 Å². The summed E-state index contributed by atoms with van der Waals surface area (Å²) < 4.78 is 28.3. The predicted molar refractivity (Wildman–Crippen MR) is 42.8 cm³/mol. The summed E-state index contributed by atoms with van der Waals surface area (Å²) in [6.07, 6.45) is -0.155. The molecule has 0 aromatic carbocycles. The normalized spacial score (nSPS) is 17.4. The highest BCUT2D eigenvalue weighted by molar-refractivity contribution is 7.32. The minimum Gasteiger partial charge on any atom is -0.566 e. The molecular formula is C4H10NO7P2+. The lowest BCUT2D eigenvalue weighted by molar-refractivity contribution is -0.302. The van der Waals surface area contributed by atoms with Crippen LogP contribution in [-0.2, 0) is 18.2 Å². The van der Waals surface area contributed by atoms with E-state index >= 15 is 0 Å². The van der Waals surface area contributed by atoms with Gasteiger partial charge in [-0.1, -0.05) is 4.52 Å². The third kappa shape index (κ3) is 6.42. The molecule has 0 rings (SSSR count). The van der Waals surface area contributed by atoms with E-state index in [2.05, 4.69) is 9.05 Å². The van der Waals surface area contributed by atoms with Crippen molar-refractivity contribution in [1.82, 2.24) is 0 Å². The molecule has 82 valence electrons. The Bertz CT molecular complexity index is 206. The predicted octanol–water partition coefficient (Wildman–Crippen LogP) is -0.928. The van der Waals surface area contributed by atoms with Gasteiger partial charge in [-0.25, -0.2) is 0 Å². The Hall–Kier alpha value is -0.0400. The highest BCUT2D eigenvalue weighted by Gasteiger charge is 2.44. The van der Waals surface area contributed by atoms with Crippen molar-refractivity contribution >= 4 is 16.5 Å². The third-order valence-electron chi connectivity index (χ3n) is 1.13. The van der Waals surface area contributed by atoms with E-state index in [1.165, 1.54) is 0 Å². The van der Waals surface area contributed by atoms with Crippen molar-refractivity contribution in [2.75, 3.05) is 6.54 Å².